The number of benzene rings is 3. The molecule has 182 valence electrons. The molecule has 0 saturated carbocycles. The lowest BCUT2D eigenvalue weighted by atomic mass is 10.1. The number of nitrogens with two attached hydrogens (primary N) is 1. The molecule has 0 bridgehead atoms. The summed E-state index contributed by atoms with van der Waals surface area (Å²) in [5.41, 5.74) is 6.41. The fourth-order valence-electron chi connectivity index (χ4n) is 3.27. The molecule has 1 saturated heterocycles. The zero-order valence-electron chi connectivity index (χ0n) is 18.3. The molecule has 3 aromatic carbocycles. The molecule has 1 aliphatic rings. The number of ether oxygens (including phenoxy) is 3. The molecule has 35 heavy (non-hydrogen) atoms. The number of nitrogen functional groups attached to an aromatic ring is 1. The zero-order chi connectivity index (χ0) is 25.0. The average molecular weight is 486 g/mol. The van der Waals surface area contributed by atoms with Gasteiger partial charge in [-0.15, -0.1) is 0 Å². The first-order valence-electron chi connectivity index (χ1n) is 10.6. The van der Waals surface area contributed by atoms with Gasteiger partial charge in [-0.1, -0.05) is 12.1 Å². The van der Waals surface area contributed by atoms with E-state index in [9.17, 15) is 18.0 Å². The van der Waals surface area contributed by atoms with Crippen LogP contribution in [0.15, 0.2) is 65.7 Å². The molecule has 0 amide bonds. The molecule has 0 unspecified atom stereocenters. The van der Waals surface area contributed by atoms with E-state index in [1.54, 1.807) is 24.4 Å². The minimum atomic E-state index is -4.72. The molecule has 3 aromatic rings. The third-order valence-corrected chi connectivity index (χ3v) is 5.08. The Bertz CT molecular complexity index is 1260. The fourth-order valence-corrected chi connectivity index (χ4v) is 3.27. The number of hydrogen-bond acceptors (Lipinski definition) is 6. The lowest BCUT2D eigenvalue weighted by Crippen LogP contribution is -2.31. The maximum atomic E-state index is 13.8. The van der Waals surface area contributed by atoms with Gasteiger partial charge in [0.15, 0.2) is 0 Å². The number of alkyl halides is 3. The van der Waals surface area contributed by atoms with Gasteiger partial charge in [0.1, 0.15) is 28.6 Å². The summed E-state index contributed by atoms with van der Waals surface area (Å²) in [7, 11) is 0. The van der Waals surface area contributed by atoms with Crippen molar-refractivity contribution in [3.05, 3.63) is 77.4 Å². The number of carboxylic acid groups (broad SMARTS) is 1. The van der Waals surface area contributed by atoms with Crippen LogP contribution in [0.4, 0.5) is 18.9 Å². The molecule has 1 aliphatic heterocycles. The normalized spacial score (nSPS) is 14.0. The third kappa shape index (κ3) is 6.30. The van der Waals surface area contributed by atoms with Gasteiger partial charge in [0.25, 0.3) is 0 Å². The van der Waals surface area contributed by atoms with Crippen LogP contribution >= 0.6 is 0 Å². The summed E-state index contributed by atoms with van der Waals surface area (Å²) >= 11 is 0. The summed E-state index contributed by atoms with van der Waals surface area (Å²) in [6, 6.07) is 14.1. The van der Waals surface area contributed by atoms with Crippen LogP contribution in [0.3, 0.4) is 0 Å². The molecule has 10 heteroatoms. The molecular formula is C25H21F3N2O5. The van der Waals surface area contributed by atoms with Crippen LogP contribution in [0.1, 0.15) is 16.7 Å². The van der Waals surface area contributed by atoms with Gasteiger partial charge in [0.2, 0.25) is 0 Å². The first kappa shape index (κ1) is 24.1. The number of halogens is 3. The Kier molecular flexibility index (Phi) is 6.92. The summed E-state index contributed by atoms with van der Waals surface area (Å²) in [6.07, 6.45) is -3.37. The molecule has 4 rings (SSSR count). The lowest BCUT2D eigenvalue weighted by molar-refractivity contribution is -0.138. The van der Waals surface area contributed by atoms with Crippen LogP contribution in [-0.4, -0.2) is 36.5 Å². The standard InChI is InChI=1S/C25H21F3N2O5/c26-25(27,28)21-10-19(6-7-23(21)35-18-3-1-2-15(8-18)9-24(31)32)34-20-5-4-16(22(29)11-20)12-30-17-13-33-14-17/h1-8,10-12,17H,9,13-14,29H2,(H,31,32). The zero-order valence-corrected chi connectivity index (χ0v) is 18.3. The number of rotatable bonds is 8. The first-order chi connectivity index (χ1) is 16.7. The summed E-state index contributed by atoms with van der Waals surface area (Å²) in [6.45, 7) is 1.12. The Labute approximate surface area is 198 Å². The van der Waals surface area contributed by atoms with Crippen molar-refractivity contribution in [1.82, 2.24) is 0 Å². The quantitative estimate of drug-likeness (QED) is 0.330. The Balaban J connectivity index is 1.53. The van der Waals surface area contributed by atoms with E-state index in [0.717, 1.165) is 12.1 Å². The van der Waals surface area contributed by atoms with Crippen molar-refractivity contribution in [2.24, 2.45) is 4.99 Å². The average Bonchev–Trinajstić information content (AvgIpc) is 2.74. The SMILES string of the molecule is Nc1cc(Oc2ccc(Oc3cccc(CC(=O)O)c3)c(C(F)(F)F)c2)ccc1C=NC1COC1. The highest BCUT2D eigenvalue weighted by Gasteiger charge is 2.35. The van der Waals surface area contributed by atoms with Gasteiger partial charge in [-0.05, 0) is 48.0 Å². The summed E-state index contributed by atoms with van der Waals surface area (Å²) in [4.78, 5) is 15.2. The van der Waals surface area contributed by atoms with Crippen molar-refractivity contribution in [3.63, 3.8) is 0 Å². The van der Waals surface area contributed by atoms with Crippen LogP contribution in [0, 0.1) is 0 Å². The monoisotopic (exact) mass is 486 g/mol. The molecule has 0 radical (unpaired) electrons. The van der Waals surface area contributed by atoms with Crippen molar-refractivity contribution >= 4 is 17.9 Å². The number of aliphatic imine (C=N–C) groups is 1. The molecule has 3 N–H and O–H groups in total. The number of hydrogen-bond donors (Lipinski definition) is 2. The van der Waals surface area contributed by atoms with Crippen molar-refractivity contribution in [2.45, 2.75) is 18.6 Å². The summed E-state index contributed by atoms with van der Waals surface area (Å²) in [5, 5.41) is 8.92. The maximum Gasteiger partial charge on any atom is 0.420 e. The van der Waals surface area contributed by atoms with E-state index in [2.05, 4.69) is 4.99 Å². The van der Waals surface area contributed by atoms with Gasteiger partial charge in [0, 0.05) is 23.5 Å². The minimum absolute atomic E-state index is 0.0586. The highest BCUT2D eigenvalue weighted by Crippen LogP contribution is 2.41. The second-order valence-electron chi connectivity index (χ2n) is 7.84. The largest absolute Gasteiger partial charge is 0.481 e. The Morgan fingerprint density at radius 1 is 1.06 bits per heavy atom. The topological polar surface area (TPSA) is 103 Å². The van der Waals surface area contributed by atoms with E-state index < -0.39 is 23.5 Å². The number of carboxylic acids is 1. The number of nitrogens with zero attached hydrogens (tertiary/aromatic N) is 1. The molecule has 0 atom stereocenters. The molecule has 7 nitrogen and oxygen atoms in total. The van der Waals surface area contributed by atoms with Crippen molar-refractivity contribution in [1.29, 1.82) is 0 Å². The van der Waals surface area contributed by atoms with Crippen LogP contribution in [0.5, 0.6) is 23.0 Å². The number of aliphatic carboxylic acids is 1. The van der Waals surface area contributed by atoms with Gasteiger partial charge >= 0.3 is 12.1 Å². The molecule has 0 aliphatic carbocycles. The predicted octanol–water partition coefficient (Wildman–Crippen LogP) is 5.32. The predicted molar refractivity (Wildman–Crippen MR) is 122 cm³/mol. The van der Waals surface area contributed by atoms with Gasteiger partial charge in [-0.2, -0.15) is 13.2 Å². The second kappa shape index (κ2) is 10.1. The lowest BCUT2D eigenvalue weighted by Gasteiger charge is -2.21. The van der Waals surface area contributed by atoms with Gasteiger partial charge < -0.3 is 25.1 Å². The second-order valence-corrected chi connectivity index (χ2v) is 7.84. The molecule has 0 aromatic heterocycles. The van der Waals surface area contributed by atoms with E-state index in [1.807, 2.05) is 0 Å². The van der Waals surface area contributed by atoms with E-state index in [4.69, 9.17) is 25.1 Å². The molecule has 0 spiro atoms. The van der Waals surface area contributed by atoms with Crippen LogP contribution < -0.4 is 15.2 Å². The summed E-state index contributed by atoms with van der Waals surface area (Å²) < 4.78 is 57.4. The summed E-state index contributed by atoms with van der Waals surface area (Å²) in [5.74, 6) is -1.22. The molecule has 1 fully saturated rings. The smallest absolute Gasteiger partial charge is 0.420 e. The highest BCUT2D eigenvalue weighted by atomic mass is 19.4. The Morgan fingerprint density at radius 2 is 1.77 bits per heavy atom. The number of anilines is 1. The molecule has 1 heterocycles. The van der Waals surface area contributed by atoms with E-state index in [-0.39, 0.29) is 29.7 Å². The Morgan fingerprint density at radius 3 is 2.43 bits per heavy atom. The minimum Gasteiger partial charge on any atom is -0.481 e. The van der Waals surface area contributed by atoms with Crippen LogP contribution in [0.25, 0.3) is 0 Å². The molecular weight excluding hydrogens is 465 g/mol. The van der Waals surface area contributed by atoms with Gasteiger partial charge in [0.05, 0.1) is 25.7 Å². The van der Waals surface area contributed by atoms with E-state index in [0.29, 0.717) is 30.0 Å². The number of carbonyl (C=O) groups is 1. The van der Waals surface area contributed by atoms with E-state index in [1.165, 1.54) is 30.3 Å². The van der Waals surface area contributed by atoms with Crippen LogP contribution in [-0.2, 0) is 22.1 Å². The van der Waals surface area contributed by atoms with Crippen LogP contribution in [0.2, 0.25) is 0 Å². The fraction of sp³-hybridized carbons (Fsp3) is 0.200. The first-order valence-corrected chi connectivity index (χ1v) is 10.6. The Hall–Kier alpha value is -4.05. The van der Waals surface area contributed by atoms with Gasteiger partial charge in [-0.25, -0.2) is 0 Å². The van der Waals surface area contributed by atoms with E-state index >= 15 is 0 Å². The highest BCUT2D eigenvalue weighted by molar-refractivity contribution is 5.87. The van der Waals surface area contributed by atoms with Crippen molar-refractivity contribution < 1.29 is 37.3 Å². The van der Waals surface area contributed by atoms with Crippen molar-refractivity contribution in [3.8, 4) is 23.0 Å². The van der Waals surface area contributed by atoms with Crippen molar-refractivity contribution in [2.75, 3.05) is 18.9 Å². The third-order valence-electron chi connectivity index (χ3n) is 5.08. The van der Waals surface area contributed by atoms with Gasteiger partial charge in [-0.3, -0.25) is 9.79 Å². The maximum absolute atomic E-state index is 13.8.